The minimum absolute atomic E-state index is 0.419. The van der Waals surface area contributed by atoms with Crippen molar-refractivity contribution in [1.82, 2.24) is 0 Å². The molecule has 0 aromatic heterocycles. The van der Waals surface area contributed by atoms with E-state index in [0.29, 0.717) is 6.10 Å². The number of rotatable bonds is 7. The van der Waals surface area contributed by atoms with Gasteiger partial charge < -0.3 is 9.47 Å². The third-order valence-electron chi connectivity index (χ3n) is 1.74. The van der Waals surface area contributed by atoms with E-state index in [9.17, 15) is 0 Å². The van der Waals surface area contributed by atoms with Gasteiger partial charge in [-0.1, -0.05) is 26.2 Å². The summed E-state index contributed by atoms with van der Waals surface area (Å²) in [6.45, 7) is 6.37. The molecule has 1 radical (unpaired) electrons. The second kappa shape index (κ2) is 5.56. The molecule has 0 aromatic carbocycles. The molecule has 0 saturated carbocycles. The molecule has 0 aromatic rings. The fourth-order valence-corrected chi connectivity index (χ4v) is 0.937. The fourth-order valence-electron chi connectivity index (χ4n) is 0.937. The van der Waals surface area contributed by atoms with Crippen LogP contribution >= 0.6 is 0 Å². The minimum Gasteiger partial charge on any atom is -0.379 e. The Labute approximate surface area is 68.9 Å². The quantitative estimate of drug-likeness (QED) is 0.415. The van der Waals surface area contributed by atoms with Crippen LogP contribution in [-0.4, -0.2) is 25.9 Å². The van der Waals surface area contributed by atoms with Crippen LogP contribution in [0, 0.1) is 6.92 Å². The van der Waals surface area contributed by atoms with Gasteiger partial charge in [0.05, 0.1) is 13.2 Å². The molecule has 0 spiro atoms. The molecule has 65 valence electrons. The van der Waals surface area contributed by atoms with Gasteiger partial charge in [-0.2, -0.15) is 0 Å². The Hall–Kier alpha value is -0.0800. The molecule has 0 aliphatic carbocycles. The van der Waals surface area contributed by atoms with E-state index >= 15 is 0 Å². The summed E-state index contributed by atoms with van der Waals surface area (Å²) in [7, 11) is 0. The standard InChI is InChI=1S/C9H17O2/c1-2-3-4-5-6-10-7-9-8-11-9/h9H,1-8H2. The van der Waals surface area contributed by atoms with Crippen LogP contribution in [0.2, 0.25) is 0 Å². The van der Waals surface area contributed by atoms with Gasteiger partial charge in [0.25, 0.3) is 0 Å². The predicted octanol–water partition coefficient (Wildman–Crippen LogP) is 1.80. The van der Waals surface area contributed by atoms with Gasteiger partial charge in [-0.15, -0.1) is 0 Å². The molecular weight excluding hydrogens is 140 g/mol. The van der Waals surface area contributed by atoms with Gasteiger partial charge in [-0.25, -0.2) is 0 Å². The lowest BCUT2D eigenvalue weighted by atomic mass is 10.2. The molecule has 1 fully saturated rings. The molecule has 2 nitrogen and oxygen atoms in total. The summed E-state index contributed by atoms with van der Waals surface area (Å²) in [6.07, 6.45) is 5.11. The van der Waals surface area contributed by atoms with Crippen molar-refractivity contribution in [2.45, 2.75) is 31.8 Å². The van der Waals surface area contributed by atoms with Crippen LogP contribution in [0.5, 0.6) is 0 Å². The van der Waals surface area contributed by atoms with Crippen LogP contribution in [0.4, 0.5) is 0 Å². The zero-order valence-electron chi connectivity index (χ0n) is 7.05. The summed E-state index contributed by atoms with van der Waals surface area (Å²) in [6, 6.07) is 0. The summed E-state index contributed by atoms with van der Waals surface area (Å²) in [5.74, 6) is 0. The summed E-state index contributed by atoms with van der Waals surface area (Å²) < 4.78 is 10.4. The van der Waals surface area contributed by atoms with E-state index < -0.39 is 0 Å². The maximum atomic E-state index is 5.36. The van der Waals surface area contributed by atoms with Crippen LogP contribution in [0.1, 0.15) is 25.7 Å². The van der Waals surface area contributed by atoms with Crippen LogP contribution in [-0.2, 0) is 9.47 Å². The van der Waals surface area contributed by atoms with Gasteiger partial charge in [0, 0.05) is 6.61 Å². The number of unbranched alkanes of at least 4 members (excludes halogenated alkanes) is 3. The SMILES string of the molecule is [CH2]CCCCCOCC1CO1. The van der Waals surface area contributed by atoms with Crippen LogP contribution in [0.15, 0.2) is 0 Å². The van der Waals surface area contributed by atoms with Crippen LogP contribution in [0.25, 0.3) is 0 Å². The van der Waals surface area contributed by atoms with Crippen LogP contribution < -0.4 is 0 Å². The van der Waals surface area contributed by atoms with Gasteiger partial charge in [-0.3, -0.25) is 0 Å². The van der Waals surface area contributed by atoms with Gasteiger partial charge in [0.1, 0.15) is 6.10 Å². The lowest BCUT2D eigenvalue weighted by Crippen LogP contribution is -2.02. The Morgan fingerprint density at radius 3 is 2.82 bits per heavy atom. The molecule has 1 unspecified atom stereocenters. The highest BCUT2D eigenvalue weighted by Gasteiger charge is 2.21. The first-order valence-electron chi connectivity index (χ1n) is 4.42. The van der Waals surface area contributed by atoms with E-state index in [2.05, 4.69) is 6.92 Å². The van der Waals surface area contributed by atoms with Crippen molar-refractivity contribution >= 4 is 0 Å². The lowest BCUT2D eigenvalue weighted by Gasteiger charge is -2.00. The molecular formula is C9H17O2. The Morgan fingerprint density at radius 1 is 1.36 bits per heavy atom. The summed E-state index contributed by atoms with van der Waals surface area (Å²) in [5.41, 5.74) is 0. The average Bonchev–Trinajstić information content (AvgIpc) is 2.80. The number of ether oxygens (including phenoxy) is 2. The molecule has 2 heteroatoms. The van der Waals surface area contributed by atoms with E-state index in [1.165, 1.54) is 19.3 Å². The fraction of sp³-hybridized carbons (Fsp3) is 0.889. The van der Waals surface area contributed by atoms with E-state index in [0.717, 1.165) is 26.2 Å². The molecule has 1 rings (SSSR count). The summed E-state index contributed by atoms with van der Waals surface area (Å²) >= 11 is 0. The largest absolute Gasteiger partial charge is 0.379 e. The van der Waals surface area contributed by atoms with Gasteiger partial charge in [0.15, 0.2) is 0 Å². The highest BCUT2D eigenvalue weighted by Crippen LogP contribution is 2.08. The molecule has 1 saturated heterocycles. The molecule has 0 bridgehead atoms. The average molecular weight is 157 g/mol. The predicted molar refractivity (Wildman–Crippen MR) is 44.4 cm³/mol. The van der Waals surface area contributed by atoms with Crippen molar-refractivity contribution in [2.75, 3.05) is 19.8 Å². The maximum absolute atomic E-state index is 5.36. The van der Waals surface area contributed by atoms with Gasteiger partial charge >= 0.3 is 0 Å². The van der Waals surface area contributed by atoms with Crippen molar-refractivity contribution in [2.24, 2.45) is 0 Å². The summed E-state index contributed by atoms with van der Waals surface area (Å²) in [4.78, 5) is 0. The maximum Gasteiger partial charge on any atom is 0.104 e. The number of hydrogen-bond donors (Lipinski definition) is 0. The van der Waals surface area contributed by atoms with Gasteiger partial charge in [0.2, 0.25) is 0 Å². The van der Waals surface area contributed by atoms with Crippen molar-refractivity contribution < 1.29 is 9.47 Å². The normalized spacial score (nSPS) is 22.1. The first-order chi connectivity index (χ1) is 5.43. The van der Waals surface area contributed by atoms with Crippen molar-refractivity contribution in [3.63, 3.8) is 0 Å². The highest BCUT2D eigenvalue weighted by atomic mass is 16.6. The lowest BCUT2D eigenvalue weighted by molar-refractivity contribution is 0.113. The van der Waals surface area contributed by atoms with E-state index in [-0.39, 0.29) is 0 Å². The minimum atomic E-state index is 0.419. The second-order valence-electron chi connectivity index (χ2n) is 2.94. The molecule has 1 aliphatic rings. The van der Waals surface area contributed by atoms with Crippen LogP contribution in [0.3, 0.4) is 0 Å². The monoisotopic (exact) mass is 157 g/mol. The Kier molecular flexibility index (Phi) is 4.55. The molecule has 1 aliphatic heterocycles. The first kappa shape index (κ1) is 9.01. The van der Waals surface area contributed by atoms with E-state index in [4.69, 9.17) is 9.47 Å². The van der Waals surface area contributed by atoms with E-state index in [1.807, 2.05) is 0 Å². The first-order valence-corrected chi connectivity index (χ1v) is 4.42. The Morgan fingerprint density at radius 2 is 2.18 bits per heavy atom. The van der Waals surface area contributed by atoms with Gasteiger partial charge in [-0.05, 0) is 6.42 Å². The highest BCUT2D eigenvalue weighted by molar-refractivity contribution is 4.66. The second-order valence-corrected chi connectivity index (χ2v) is 2.94. The van der Waals surface area contributed by atoms with Crippen molar-refractivity contribution in [3.8, 4) is 0 Å². The van der Waals surface area contributed by atoms with E-state index in [1.54, 1.807) is 0 Å². The van der Waals surface area contributed by atoms with Crippen molar-refractivity contribution in [3.05, 3.63) is 6.92 Å². The number of epoxide rings is 1. The topological polar surface area (TPSA) is 21.8 Å². The van der Waals surface area contributed by atoms with Crippen molar-refractivity contribution in [1.29, 1.82) is 0 Å². The smallest absolute Gasteiger partial charge is 0.104 e. The molecule has 0 N–H and O–H groups in total. The Bertz CT molecular complexity index is 89.6. The Balaban J connectivity index is 1.66. The molecule has 0 amide bonds. The third-order valence-corrected chi connectivity index (χ3v) is 1.74. The molecule has 1 heterocycles. The summed E-state index contributed by atoms with van der Waals surface area (Å²) in [5, 5.41) is 0. The number of hydrogen-bond acceptors (Lipinski definition) is 2. The molecule has 1 atom stereocenters. The zero-order chi connectivity index (χ0) is 7.94. The molecule has 11 heavy (non-hydrogen) atoms. The zero-order valence-corrected chi connectivity index (χ0v) is 7.05. The third kappa shape index (κ3) is 5.22.